The van der Waals surface area contributed by atoms with Gasteiger partial charge in [0, 0.05) is 13.6 Å². The molecule has 0 radical (unpaired) electrons. The van der Waals surface area contributed by atoms with Crippen molar-refractivity contribution in [3.8, 4) is 0 Å². The number of imide groups is 1. The van der Waals surface area contributed by atoms with Crippen LogP contribution in [0.5, 0.6) is 0 Å². The monoisotopic (exact) mass is 300 g/mol. The minimum atomic E-state index is -0.528. The summed E-state index contributed by atoms with van der Waals surface area (Å²) in [6.07, 6.45) is 0.914. The third-order valence-electron chi connectivity index (χ3n) is 2.54. The number of carbonyl (C=O) groups excluding carboxylic acids is 2. The van der Waals surface area contributed by atoms with Gasteiger partial charge in [-0.15, -0.1) is 10.2 Å². The van der Waals surface area contributed by atoms with Gasteiger partial charge in [-0.05, 0) is 13.3 Å². The Balaban J connectivity index is 2.74. The zero-order valence-electron chi connectivity index (χ0n) is 11.8. The van der Waals surface area contributed by atoms with Crippen molar-refractivity contribution in [2.45, 2.75) is 43.8 Å². The van der Waals surface area contributed by atoms with Gasteiger partial charge in [-0.1, -0.05) is 18.7 Å². The van der Waals surface area contributed by atoms with Gasteiger partial charge in [0.15, 0.2) is 5.16 Å². The summed E-state index contributed by atoms with van der Waals surface area (Å²) in [5.41, 5.74) is 5.60. The molecule has 0 aromatic carbocycles. The van der Waals surface area contributed by atoms with Gasteiger partial charge in [0.1, 0.15) is 5.82 Å². The maximum Gasteiger partial charge on any atom is 0.321 e. The van der Waals surface area contributed by atoms with E-state index in [1.165, 1.54) is 18.8 Å². The quantitative estimate of drug-likeness (QED) is 0.641. The number of nitrogens with zero attached hydrogens (tertiary/aromatic N) is 3. The highest BCUT2D eigenvalue weighted by Crippen LogP contribution is 2.22. The lowest BCUT2D eigenvalue weighted by molar-refractivity contribution is -0.119. The molecule has 1 atom stereocenters. The van der Waals surface area contributed by atoms with Gasteiger partial charge in [0.05, 0.1) is 11.8 Å². The molecule has 1 heterocycles. The van der Waals surface area contributed by atoms with E-state index in [2.05, 4.69) is 20.8 Å². The first-order chi connectivity index (χ1) is 9.53. The van der Waals surface area contributed by atoms with Crippen molar-refractivity contribution < 1.29 is 9.59 Å². The predicted octanol–water partition coefficient (Wildman–Crippen LogP) is 0.0830. The molecule has 0 saturated carbocycles. The highest BCUT2D eigenvalue weighted by Gasteiger charge is 2.20. The largest absolute Gasteiger partial charge is 0.341 e. The summed E-state index contributed by atoms with van der Waals surface area (Å²) in [5, 5.41) is 12.8. The van der Waals surface area contributed by atoms with Crippen molar-refractivity contribution in [3.05, 3.63) is 5.82 Å². The maximum atomic E-state index is 11.8. The van der Waals surface area contributed by atoms with Crippen molar-refractivity contribution in [2.75, 3.05) is 7.05 Å². The standard InChI is InChI=1S/C11H20N6O2S/c1-4-5-17-8(6-12)15-16-11(17)20-7(2)9(18)14-10(19)13-3/h7H,4-6,12H2,1-3H3,(H2,13,14,18,19). The molecule has 0 fully saturated rings. The lowest BCUT2D eigenvalue weighted by Crippen LogP contribution is -2.41. The summed E-state index contributed by atoms with van der Waals surface area (Å²) < 4.78 is 1.90. The number of hydrogen-bond donors (Lipinski definition) is 3. The first-order valence-electron chi connectivity index (χ1n) is 6.34. The van der Waals surface area contributed by atoms with Crippen LogP contribution in [-0.2, 0) is 17.9 Å². The molecule has 1 aromatic heterocycles. The van der Waals surface area contributed by atoms with Gasteiger partial charge in [-0.2, -0.15) is 0 Å². The Morgan fingerprint density at radius 2 is 2.15 bits per heavy atom. The lowest BCUT2D eigenvalue weighted by Gasteiger charge is -2.12. The van der Waals surface area contributed by atoms with Gasteiger partial charge in [-0.3, -0.25) is 10.1 Å². The van der Waals surface area contributed by atoms with Crippen molar-refractivity contribution in [3.63, 3.8) is 0 Å². The molecule has 8 nitrogen and oxygen atoms in total. The Hall–Kier alpha value is -1.61. The highest BCUT2D eigenvalue weighted by atomic mass is 32.2. The summed E-state index contributed by atoms with van der Waals surface area (Å²) in [7, 11) is 1.45. The zero-order valence-corrected chi connectivity index (χ0v) is 12.7. The van der Waals surface area contributed by atoms with Crippen LogP contribution in [0.2, 0.25) is 0 Å². The number of urea groups is 1. The minimum absolute atomic E-state index is 0.298. The Bertz CT molecular complexity index is 475. The molecule has 1 unspecified atom stereocenters. The normalized spacial score (nSPS) is 12.0. The molecule has 0 saturated heterocycles. The molecule has 4 N–H and O–H groups in total. The summed E-state index contributed by atoms with van der Waals surface area (Å²) in [4.78, 5) is 22.9. The molecule has 0 aliphatic heterocycles. The van der Waals surface area contributed by atoms with Crippen LogP contribution in [0.3, 0.4) is 0 Å². The molecular weight excluding hydrogens is 280 g/mol. The first-order valence-corrected chi connectivity index (χ1v) is 7.22. The Morgan fingerprint density at radius 1 is 1.45 bits per heavy atom. The van der Waals surface area contributed by atoms with Gasteiger partial charge in [0.25, 0.3) is 0 Å². The number of nitrogens with one attached hydrogen (secondary N) is 2. The summed E-state index contributed by atoms with van der Waals surface area (Å²) in [6.45, 7) is 4.78. The summed E-state index contributed by atoms with van der Waals surface area (Å²) in [5.74, 6) is 0.308. The Morgan fingerprint density at radius 3 is 2.70 bits per heavy atom. The molecule has 20 heavy (non-hydrogen) atoms. The van der Waals surface area contributed by atoms with E-state index in [9.17, 15) is 9.59 Å². The zero-order chi connectivity index (χ0) is 15.1. The van der Waals surface area contributed by atoms with Gasteiger partial charge < -0.3 is 15.6 Å². The van der Waals surface area contributed by atoms with Crippen molar-refractivity contribution in [1.82, 2.24) is 25.4 Å². The molecule has 0 bridgehead atoms. The highest BCUT2D eigenvalue weighted by molar-refractivity contribution is 8.00. The smallest absolute Gasteiger partial charge is 0.321 e. The fourth-order valence-corrected chi connectivity index (χ4v) is 2.39. The Kier molecular flexibility index (Phi) is 6.46. The molecule has 1 aromatic rings. The number of hydrogen-bond acceptors (Lipinski definition) is 6. The first kappa shape index (κ1) is 16.4. The Labute approximate surface area is 121 Å². The molecule has 0 aliphatic carbocycles. The van der Waals surface area contributed by atoms with E-state index >= 15 is 0 Å². The topological polar surface area (TPSA) is 115 Å². The lowest BCUT2D eigenvalue weighted by atomic mass is 10.4. The second kappa shape index (κ2) is 7.85. The second-order valence-corrected chi connectivity index (χ2v) is 5.39. The summed E-state index contributed by atoms with van der Waals surface area (Å²) in [6, 6.07) is -0.528. The molecule has 0 aliphatic rings. The average molecular weight is 300 g/mol. The van der Waals surface area contributed by atoms with Gasteiger partial charge in [0.2, 0.25) is 5.91 Å². The van der Waals surface area contributed by atoms with Crippen LogP contribution in [0.1, 0.15) is 26.1 Å². The third-order valence-corrected chi connectivity index (χ3v) is 3.62. The molecule has 9 heteroatoms. The van der Waals surface area contributed by atoms with E-state index in [0.29, 0.717) is 17.5 Å². The molecular formula is C11H20N6O2S. The van der Waals surface area contributed by atoms with Crippen LogP contribution >= 0.6 is 11.8 Å². The fraction of sp³-hybridized carbons (Fsp3) is 0.636. The van der Waals surface area contributed by atoms with Crippen LogP contribution in [0.25, 0.3) is 0 Å². The van der Waals surface area contributed by atoms with Crippen molar-refractivity contribution in [2.24, 2.45) is 5.73 Å². The molecule has 1 rings (SSSR count). The van der Waals surface area contributed by atoms with E-state index < -0.39 is 11.3 Å². The molecule has 0 spiro atoms. The summed E-state index contributed by atoms with van der Waals surface area (Å²) >= 11 is 1.25. The number of aromatic nitrogens is 3. The van der Waals surface area contributed by atoms with Crippen molar-refractivity contribution >= 4 is 23.7 Å². The average Bonchev–Trinajstić information content (AvgIpc) is 2.81. The minimum Gasteiger partial charge on any atom is -0.341 e. The number of thioether (sulfide) groups is 1. The molecule has 3 amide bonds. The van der Waals surface area contributed by atoms with Crippen LogP contribution in [0.4, 0.5) is 4.79 Å². The van der Waals surface area contributed by atoms with E-state index in [0.717, 1.165) is 13.0 Å². The van der Waals surface area contributed by atoms with E-state index in [-0.39, 0.29) is 5.91 Å². The number of rotatable bonds is 6. The van der Waals surface area contributed by atoms with E-state index in [1.54, 1.807) is 6.92 Å². The number of amides is 3. The predicted molar refractivity (Wildman–Crippen MR) is 76.1 cm³/mol. The van der Waals surface area contributed by atoms with Crippen LogP contribution in [-0.4, -0.2) is 39.0 Å². The fourth-order valence-electron chi connectivity index (χ4n) is 1.49. The van der Waals surface area contributed by atoms with Gasteiger partial charge in [-0.25, -0.2) is 4.79 Å². The number of carbonyl (C=O) groups is 2. The third kappa shape index (κ3) is 4.20. The maximum absolute atomic E-state index is 11.8. The van der Waals surface area contributed by atoms with Crippen LogP contribution < -0.4 is 16.4 Å². The SMILES string of the molecule is CCCn1c(CN)nnc1SC(C)C(=O)NC(=O)NC. The van der Waals surface area contributed by atoms with Crippen LogP contribution in [0.15, 0.2) is 5.16 Å². The second-order valence-electron chi connectivity index (χ2n) is 4.08. The van der Waals surface area contributed by atoms with Crippen LogP contribution in [0, 0.1) is 0 Å². The van der Waals surface area contributed by atoms with Gasteiger partial charge >= 0.3 is 6.03 Å². The van der Waals surface area contributed by atoms with Crippen molar-refractivity contribution in [1.29, 1.82) is 0 Å². The number of nitrogens with two attached hydrogens (primary N) is 1. The van der Waals surface area contributed by atoms with E-state index in [4.69, 9.17) is 5.73 Å². The van der Waals surface area contributed by atoms with E-state index in [1.807, 2.05) is 11.5 Å². The molecule has 112 valence electrons.